The molecule has 0 atom stereocenters. The van der Waals surface area contributed by atoms with E-state index in [1.807, 2.05) is 48.9 Å². The summed E-state index contributed by atoms with van der Waals surface area (Å²) in [7, 11) is 0. The molecule has 2 aromatic heterocycles. The number of anilines is 1. The molecule has 0 radical (unpaired) electrons. The fraction of sp³-hybridized carbons (Fsp3) is 0.231. The van der Waals surface area contributed by atoms with Gasteiger partial charge in [-0.2, -0.15) is 9.78 Å². The molecule has 1 aromatic carbocycles. The second kappa shape index (κ2) is 5.57. The van der Waals surface area contributed by atoms with Gasteiger partial charge in [0.05, 0.1) is 17.1 Å². The molecule has 3 aromatic rings. The summed E-state index contributed by atoms with van der Waals surface area (Å²) in [4.78, 5) is 0. The Hall–Kier alpha value is -2.35. The van der Waals surface area contributed by atoms with Crippen molar-refractivity contribution in [3.63, 3.8) is 0 Å². The van der Waals surface area contributed by atoms with Gasteiger partial charge in [-0.3, -0.25) is 4.68 Å². The molecule has 8 heteroatoms. The van der Waals surface area contributed by atoms with Crippen LogP contribution in [0.3, 0.4) is 0 Å². The van der Waals surface area contributed by atoms with Crippen LogP contribution in [0, 0.1) is 6.92 Å². The first kappa shape index (κ1) is 13.6. The Morgan fingerprint density at radius 3 is 2.71 bits per heavy atom. The van der Waals surface area contributed by atoms with E-state index in [9.17, 15) is 0 Å². The Bertz CT molecular complexity index is 747. The fourth-order valence-electron chi connectivity index (χ4n) is 1.96. The van der Waals surface area contributed by atoms with Gasteiger partial charge in [0.25, 0.3) is 0 Å². The van der Waals surface area contributed by atoms with Crippen molar-refractivity contribution in [2.75, 3.05) is 5.73 Å². The normalized spacial score (nSPS) is 11.0. The van der Waals surface area contributed by atoms with Gasteiger partial charge in [0.1, 0.15) is 5.03 Å². The van der Waals surface area contributed by atoms with E-state index in [-0.39, 0.29) is 0 Å². The van der Waals surface area contributed by atoms with Gasteiger partial charge in [0.2, 0.25) is 5.16 Å². The Morgan fingerprint density at radius 2 is 2.00 bits per heavy atom. The third kappa shape index (κ3) is 2.49. The van der Waals surface area contributed by atoms with Gasteiger partial charge in [-0.25, -0.2) is 0 Å². The van der Waals surface area contributed by atoms with E-state index in [1.54, 1.807) is 4.68 Å². The number of nitrogens with zero attached hydrogens (tertiary/aromatic N) is 6. The number of benzene rings is 1. The fourth-order valence-corrected chi connectivity index (χ4v) is 2.97. The Balaban J connectivity index is 1.99. The van der Waals surface area contributed by atoms with Crippen LogP contribution in [0.2, 0.25) is 0 Å². The standard InChI is InChI=1S/C13H15N7S/c1-3-19-12(11(14)9(2)16-19)21-13-15-17-18-20(13)10-7-5-4-6-8-10/h4-8H,3,14H2,1-2H3. The summed E-state index contributed by atoms with van der Waals surface area (Å²) >= 11 is 1.42. The van der Waals surface area contributed by atoms with E-state index in [1.165, 1.54) is 11.8 Å². The maximum absolute atomic E-state index is 6.10. The first-order valence-corrected chi connectivity index (χ1v) is 7.37. The van der Waals surface area contributed by atoms with Crippen LogP contribution in [0.15, 0.2) is 40.5 Å². The van der Waals surface area contributed by atoms with Gasteiger partial charge in [-0.05, 0) is 48.2 Å². The number of rotatable bonds is 4. The quantitative estimate of drug-likeness (QED) is 0.792. The number of hydrogen-bond acceptors (Lipinski definition) is 6. The van der Waals surface area contributed by atoms with E-state index in [0.29, 0.717) is 10.8 Å². The SMILES string of the molecule is CCn1nc(C)c(N)c1Sc1nnnn1-c1ccccc1. The minimum Gasteiger partial charge on any atom is -0.395 e. The number of tetrazole rings is 1. The minimum atomic E-state index is 0.655. The van der Waals surface area contributed by atoms with Gasteiger partial charge in [-0.1, -0.05) is 18.2 Å². The molecule has 0 bridgehead atoms. The molecule has 21 heavy (non-hydrogen) atoms. The van der Waals surface area contributed by atoms with Gasteiger partial charge >= 0.3 is 0 Å². The number of nitrogen functional groups attached to an aromatic ring is 1. The molecule has 2 N–H and O–H groups in total. The maximum Gasteiger partial charge on any atom is 0.220 e. The second-order valence-electron chi connectivity index (χ2n) is 4.43. The Morgan fingerprint density at radius 1 is 1.24 bits per heavy atom. The van der Waals surface area contributed by atoms with Crippen LogP contribution in [-0.4, -0.2) is 30.0 Å². The van der Waals surface area contributed by atoms with Crippen LogP contribution < -0.4 is 5.73 Å². The molecule has 0 aliphatic carbocycles. The molecule has 0 saturated heterocycles. The highest BCUT2D eigenvalue weighted by Gasteiger charge is 2.17. The molecule has 108 valence electrons. The zero-order chi connectivity index (χ0) is 14.8. The summed E-state index contributed by atoms with van der Waals surface area (Å²) in [6, 6.07) is 9.74. The molecule has 0 fully saturated rings. The third-order valence-electron chi connectivity index (χ3n) is 3.05. The zero-order valence-corrected chi connectivity index (χ0v) is 12.6. The van der Waals surface area contributed by atoms with Crippen LogP contribution in [0.5, 0.6) is 0 Å². The molecule has 0 amide bonds. The smallest absolute Gasteiger partial charge is 0.220 e. The van der Waals surface area contributed by atoms with Crippen LogP contribution >= 0.6 is 11.8 Å². The van der Waals surface area contributed by atoms with Gasteiger partial charge in [-0.15, -0.1) is 5.10 Å². The molecule has 0 unspecified atom stereocenters. The highest BCUT2D eigenvalue weighted by Crippen LogP contribution is 2.33. The lowest BCUT2D eigenvalue weighted by atomic mass is 10.3. The monoisotopic (exact) mass is 301 g/mol. The van der Waals surface area contributed by atoms with Crippen LogP contribution in [-0.2, 0) is 6.54 Å². The topological polar surface area (TPSA) is 87.4 Å². The lowest BCUT2D eigenvalue weighted by molar-refractivity contribution is 0.601. The van der Waals surface area contributed by atoms with Crippen molar-refractivity contribution < 1.29 is 0 Å². The average molecular weight is 301 g/mol. The van der Waals surface area contributed by atoms with Gasteiger partial charge < -0.3 is 5.73 Å². The largest absolute Gasteiger partial charge is 0.395 e. The van der Waals surface area contributed by atoms with Crippen molar-refractivity contribution in [2.45, 2.75) is 30.6 Å². The molecular formula is C13H15N7S. The van der Waals surface area contributed by atoms with E-state index in [4.69, 9.17) is 5.73 Å². The van der Waals surface area contributed by atoms with Crippen molar-refractivity contribution in [3.05, 3.63) is 36.0 Å². The van der Waals surface area contributed by atoms with Crippen molar-refractivity contribution in [2.24, 2.45) is 0 Å². The van der Waals surface area contributed by atoms with Crippen molar-refractivity contribution >= 4 is 17.4 Å². The third-order valence-corrected chi connectivity index (χ3v) is 4.12. The van der Waals surface area contributed by atoms with Crippen LogP contribution in [0.1, 0.15) is 12.6 Å². The predicted octanol–water partition coefficient (Wildman–Crippen LogP) is 1.92. The van der Waals surface area contributed by atoms with E-state index >= 15 is 0 Å². The van der Waals surface area contributed by atoms with E-state index < -0.39 is 0 Å². The second-order valence-corrected chi connectivity index (χ2v) is 5.39. The van der Waals surface area contributed by atoms with Crippen LogP contribution in [0.25, 0.3) is 5.69 Å². The summed E-state index contributed by atoms with van der Waals surface area (Å²) in [6.45, 7) is 4.66. The highest BCUT2D eigenvalue weighted by atomic mass is 32.2. The lowest BCUT2D eigenvalue weighted by Crippen LogP contribution is -2.02. The number of aryl methyl sites for hydroxylation is 2. The first-order chi connectivity index (χ1) is 10.2. The highest BCUT2D eigenvalue weighted by molar-refractivity contribution is 7.99. The first-order valence-electron chi connectivity index (χ1n) is 6.55. The summed E-state index contributed by atoms with van der Waals surface area (Å²) in [6.07, 6.45) is 0. The number of para-hydroxylation sites is 1. The number of nitrogens with two attached hydrogens (primary N) is 1. The molecule has 0 aliphatic heterocycles. The number of hydrogen-bond donors (Lipinski definition) is 1. The maximum atomic E-state index is 6.10. The Labute approximate surface area is 126 Å². The molecule has 7 nitrogen and oxygen atoms in total. The summed E-state index contributed by atoms with van der Waals surface area (Å²) in [5.74, 6) is 0. The summed E-state index contributed by atoms with van der Waals surface area (Å²) in [5, 5.41) is 17.8. The molecule has 3 rings (SSSR count). The van der Waals surface area contributed by atoms with Crippen molar-refractivity contribution in [1.82, 2.24) is 30.0 Å². The van der Waals surface area contributed by atoms with Crippen molar-refractivity contribution in [3.8, 4) is 5.69 Å². The molecule has 0 aliphatic rings. The zero-order valence-electron chi connectivity index (χ0n) is 11.8. The number of aromatic nitrogens is 6. The van der Waals surface area contributed by atoms with Crippen molar-refractivity contribution in [1.29, 1.82) is 0 Å². The van der Waals surface area contributed by atoms with E-state index in [0.717, 1.165) is 23.0 Å². The van der Waals surface area contributed by atoms with Gasteiger partial charge in [0.15, 0.2) is 0 Å². The summed E-state index contributed by atoms with van der Waals surface area (Å²) in [5.41, 5.74) is 8.50. The van der Waals surface area contributed by atoms with Gasteiger partial charge in [0, 0.05) is 6.54 Å². The average Bonchev–Trinajstić information content (AvgIpc) is 3.08. The minimum absolute atomic E-state index is 0.655. The molecular weight excluding hydrogens is 286 g/mol. The van der Waals surface area contributed by atoms with Crippen LogP contribution in [0.4, 0.5) is 5.69 Å². The molecule has 0 spiro atoms. The molecule has 0 saturated carbocycles. The van der Waals surface area contributed by atoms with E-state index in [2.05, 4.69) is 20.6 Å². The predicted molar refractivity (Wildman–Crippen MR) is 80.3 cm³/mol. The Kier molecular flexibility index (Phi) is 3.61. The molecule has 2 heterocycles. The lowest BCUT2D eigenvalue weighted by Gasteiger charge is -2.06. The summed E-state index contributed by atoms with van der Waals surface area (Å²) < 4.78 is 3.55.